The number of carbonyl (C=O) groups is 2. The Morgan fingerprint density at radius 2 is 2.29 bits per heavy atom. The van der Waals surface area contributed by atoms with Crippen molar-refractivity contribution in [1.29, 1.82) is 0 Å². The lowest BCUT2D eigenvalue weighted by Gasteiger charge is -2.24. The molecule has 2 amide bonds. The number of nitrogens with one attached hydrogen (secondary N) is 2. The normalized spacial score (nSPS) is 28.5. The number of hydrogen-bond acceptors (Lipinski definition) is 5. The van der Waals surface area contributed by atoms with Crippen molar-refractivity contribution < 1.29 is 14.3 Å². The highest BCUT2D eigenvalue weighted by Crippen LogP contribution is 2.24. The summed E-state index contributed by atoms with van der Waals surface area (Å²) >= 11 is 0. The largest absolute Gasteiger partial charge is 0.453 e. The molecule has 6 heteroatoms. The number of rotatable bonds is 2. The van der Waals surface area contributed by atoms with Crippen LogP contribution in [0.4, 0.5) is 4.79 Å². The van der Waals surface area contributed by atoms with Gasteiger partial charge in [-0.05, 0) is 25.3 Å². The molecule has 0 radical (unpaired) electrons. The summed E-state index contributed by atoms with van der Waals surface area (Å²) in [7, 11) is 1.25. The van der Waals surface area contributed by atoms with Crippen molar-refractivity contribution in [3.05, 3.63) is 0 Å². The van der Waals surface area contributed by atoms with Gasteiger partial charge in [0.05, 0.1) is 13.7 Å². The van der Waals surface area contributed by atoms with E-state index in [1.807, 2.05) is 0 Å². The van der Waals surface area contributed by atoms with Gasteiger partial charge in [-0.15, -0.1) is 0 Å². The van der Waals surface area contributed by atoms with E-state index in [1.54, 1.807) is 0 Å². The number of methoxy groups -OCH3 is 1. The third-order valence-electron chi connectivity index (χ3n) is 3.47. The van der Waals surface area contributed by atoms with Gasteiger partial charge in [0.2, 0.25) is 5.91 Å². The number of ether oxygens (including phenoxy) is 1. The van der Waals surface area contributed by atoms with Gasteiger partial charge in [-0.25, -0.2) is 4.79 Å². The Balaban J connectivity index is 1.77. The lowest BCUT2D eigenvalue weighted by molar-refractivity contribution is -0.121. The number of piperidine rings is 1. The van der Waals surface area contributed by atoms with E-state index in [0.717, 1.165) is 19.6 Å². The van der Waals surface area contributed by atoms with Crippen molar-refractivity contribution in [1.82, 2.24) is 15.5 Å². The third-order valence-corrected chi connectivity index (χ3v) is 3.47. The Hall–Kier alpha value is -1.14. The number of nitrogens with zero attached hydrogens (tertiary/aromatic N) is 1. The molecule has 0 aromatic heterocycles. The lowest BCUT2D eigenvalue weighted by atomic mass is 9.94. The molecule has 2 rings (SSSR count). The van der Waals surface area contributed by atoms with Crippen molar-refractivity contribution >= 4 is 12.0 Å². The van der Waals surface area contributed by atoms with Gasteiger partial charge in [-0.1, -0.05) is 0 Å². The van der Waals surface area contributed by atoms with Crippen LogP contribution in [-0.4, -0.2) is 56.2 Å². The van der Waals surface area contributed by atoms with E-state index in [-0.39, 0.29) is 12.5 Å². The predicted octanol–water partition coefficient (Wildman–Crippen LogP) is -0.447. The SMILES string of the molecule is COC(=O)NC(=O)CN1CC2CCCNC2C1. The fraction of sp³-hybridized carbons (Fsp3) is 0.818. The van der Waals surface area contributed by atoms with Crippen molar-refractivity contribution in [3.63, 3.8) is 0 Å². The molecule has 2 aliphatic heterocycles. The summed E-state index contributed by atoms with van der Waals surface area (Å²) < 4.78 is 4.38. The Bertz CT molecular complexity index is 294. The van der Waals surface area contributed by atoms with Crippen molar-refractivity contribution in [2.24, 2.45) is 5.92 Å². The van der Waals surface area contributed by atoms with Crippen LogP contribution in [0.1, 0.15) is 12.8 Å². The third kappa shape index (κ3) is 3.17. The molecule has 0 aliphatic carbocycles. The fourth-order valence-corrected chi connectivity index (χ4v) is 2.67. The molecular weight excluding hydrogens is 222 g/mol. The predicted molar refractivity (Wildman–Crippen MR) is 61.5 cm³/mol. The summed E-state index contributed by atoms with van der Waals surface area (Å²) in [6.07, 6.45) is 1.75. The Morgan fingerprint density at radius 1 is 1.47 bits per heavy atom. The smallest absolute Gasteiger partial charge is 0.413 e. The Kier molecular flexibility index (Phi) is 3.96. The van der Waals surface area contributed by atoms with E-state index in [2.05, 4.69) is 20.3 Å². The van der Waals surface area contributed by atoms with Gasteiger partial charge in [0.1, 0.15) is 0 Å². The molecule has 0 bridgehead atoms. The minimum absolute atomic E-state index is 0.268. The van der Waals surface area contributed by atoms with Crippen molar-refractivity contribution in [2.75, 3.05) is 33.3 Å². The summed E-state index contributed by atoms with van der Waals surface area (Å²) in [5.41, 5.74) is 0. The first kappa shape index (κ1) is 12.3. The van der Waals surface area contributed by atoms with E-state index in [0.29, 0.717) is 12.0 Å². The molecule has 0 spiro atoms. The standard InChI is InChI=1S/C11H19N3O3/c1-17-11(16)13-10(15)7-14-5-8-3-2-4-12-9(8)6-14/h8-9,12H,2-7H2,1H3,(H,13,15,16). The highest BCUT2D eigenvalue weighted by molar-refractivity contribution is 5.92. The van der Waals surface area contributed by atoms with E-state index < -0.39 is 6.09 Å². The van der Waals surface area contributed by atoms with Crippen LogP contribution < -0.4 is 10.6 Å². The van der Waals surface area contributed by atoms with E-state index in [9.17, 15) is 9.59 Å². The number of hydrogen-bond donors (Lipinski definition) is 2. The lowest BCUT2D eigenvalue weighted by Crippen LogP contribution is -2.42. The molecule has 2 atom stereocenters. The van der Waals surface area contributed by atoms with Crippen LogP contribution in [0.15, 0.2) is 0 Å². The quantitative estimate of drug-likeness (QED) is 0.685. The van der Waals surface area contributed by atoms with Crippen LogP contribution in [0.3, 0.4) is 0 Å². The molecule has 96 valence electrons. The van der Waals surface area contributed by atoms with Crippen LogP contribution in [0, 0.1) is 5.92 Å². The number of alkyl carbamates (subject to hydrolysis) is 1. The van der Waals surface area contributed by atoms with Crippen LogP contribution >= 0.6 is 0 Å². The molecule has 2 unspecified atom stereocenters. The minimum atomic E-state index is -0.690. The van der Waals surface area contributed by atoms with Crippen molar-refractivity contribution in [3.8, 4) is 0 Å². The molecule has 2 N–H and O–H groups in total. The molecule has 17 heavy (non-hydrogen) atoms. The zero-order chi connectivity index (χ0) is 12.3. The van der Waals surface area contributed by atoms with Crippen LogP contribution in [0.2, 0.25) is 0 Å². The van der Waals surface area contributed by atoms with Gasteiger partial charge in [0.15, 0.2) is 0 Å². The first-order valence-electron chi connectivity index (χ1n) is 6.02. The van der Waals surface area contributed by atoms with Gasteiger partial charge in [0.25, 0.3) is 0 Å². The molecule has 0 aromatic carbocycles. The second-order valence-corrected chi connectivity index (χ2v) is 4.70. The number of fused-ring (bicyclic) bond motifs is 1. The number of amides is 2. The molecule has 2 aliphatic rings. The van der Waals surface area contributed by atoms with Gasteiger partial charge in [-0.3, -0.25) is 15.0 Å². The maximum atomic E-state index is 11.5. The zero-order valence-corrected chi connectivity index (χ0v) is 10.1. The van der Waals surface area contributed by atoms with Gasteiger partial charge >= 0.3 is 6.09 Å². The van der Waals surface area contributed by atoms with Crippen LogP contribution in [-0.2, 0) is 9.53 Å². The summed E-state index contributed by atoms with van der Waals surface area (Å²) in [5.74, 6) is 0.352. The average Bonchev–Trinajstić information content (AvgIpc) is 2.70. The van der Waals surface area contributed by atoms with Gasteiger partial charge in [0, 0.05) is 19.1 Å². The number of imide groups is 1. The maximum Gasteiger partial charge on any atom is 0.413 e. The summed E-state index contributed by atoms with van der Waals surface area (Å²) in [6.45, 7) is 3.17. The van der Waals surface area contributed by atoms with Crippen LogP contribution in [0.25, 0.3) is 0 Å². The van der Waals surface area contributed by atoms with Gasteiger partial charge in [-0.2, -0.15) is 0 Å². The second-order valence-electron chi connectivity index (χ2n) is 4.70. The van der Waals surface area contributed by atoms with E-state index in [4.69, 9.17) is 0 Å². The first-order valence-corrected chi connectivity index (χ1v) is 6.02. The molecule has 0 saturated carbocycles. The Labute approximate surface area is 101 Å². The van der Waals surface area contributed by atoms with E-state index >= 15 is 0 Å². The molecule has 2 heterocycles. The molecule has 2 saturated heterocycles. The maximum absolute atomic E-state index is 11.5. The molecular formula is C11H19N3O3. The molecule has 6 nitrogen and oxygen atoms in total. The average molecular weight is 241 g/mol. The summed E-state index contributed by atoms with van der Waals surface area (Å²) in [6, 6.07) is 0.509. The van der Waals surface area contributed by atoms with Crippen LogP contribution in [0.5, 0.6) is 0 Å². The first-order chi connectivity index (χ1) is 8.19. The minimum Gasteiger partial charge on any atom is -0.453 e. The highest BCUT2D eigenvalue weighted by atomic mass is 16.5. The Morgan fingerprint density at radius 3 is 3.00 bits per heavy atom. The fourth-order valence-electron chi connectivity index (χ4n) is 2.67. The van der Waals surface area contributed by atoms with Crippen molar-refractivity contribution in [2.45, 2.75) is 18.9 Å². The number of carbonyl (C=O) groups excluding carboxylic acids is 2. The molecule has 2 fully saturated rings. The topological polar surface area (TPSA) is 70.7 Å². The molecule has 0 aromatic rings. The highest BCUT2D eigenvalue weighted by Gasteiger charge is 2.34. The monoisotopic (exact) mass is 241 g/mol. The zero-order valence-electron chi connectivity index (χ0n) is 10.1. The summed E-state index contributed by atoms with van der Waals surface area (Å²) in [4.78, 5) is 24.5. The van der Waals surface area contributed by atoms with Gasteiger partial charge < -0.3 is 10.1 Å². The second kappa shape index (κ2) is 5.46. The summed E-state index contributed by atoms with van der Waals surface area (Å²) in [5, 5.41) is 5.65. The number of likely N-dealkylation sites (tertiary alicyclic amines) is 1. The van der Waals surface area contributed by atoms with E-state index in [1.165, 1.54) is 20.0 Å².